The summed E-state index contributed by atoms with van der Waals surface area (Å²) in [6.07, 6.45) is 0.848. The van der Waals surface area contributed by atoms with Crippen LogP contribution in [0.4, 0.5) is 0 Å². The second kappa shape index (κ2) is 7.85. The molecule has 2 aromatic rings. The van der Waals surface area contributed by atoms with E-state index in [2.05, 4.69) is 4.99 Å². The summed E-state index contributed by atoms with van der Waals surface area (Å²) in [6.45, 7) is 0. The summed E-state index contributed by atoms with van der Waals surface area (Å²) in [7, 11) is -8.05. The van der Waals surface area contributed by atoms with Crippen molar-refractivity contribution in [1.82, 2.24) is 0 Å². The molecule has 140 valence electrons. The summed E-state index contributed by atoms with van der Waals surface area (Å²) >= 11 is 0. The predicted molar refractivity (Wildman–Crippen MR) is 98.8 cm³/mol. The molecule has 0 aliphatic rings. The number of rotatable bonds is 4. The Morgan fingerprint density at radius 2 is 1.50 bits per heavy atom. The number of hydrogen-bond donors (Lipinski definition) is 2. The van der Waals surface area contributed by atoms with Crippen molar-refractivity contribution in [2.45, 2.75) is 14.7 Å². The van der Waals surface area contributed by atoms with Gasteiger partial charge in [-0.2, -0.15) is 4.99 Å². The van der Waals surface area contributed by atoms with Crippen LogP contribution in [0.15, 0.2) is 68.2 Å². The number of guanidine groups is 1. The minimum Gasteiger partial charge on any atom is -0.370 e. The summed E-state index contributed by atoms with van der Waals surface area (Å²) in [6, 6.07) is 10.5. The van der Waals surface area contributed by atoms with Gasteiger partial charge in [0.05, 0.1) is 14.7 Å². The molecule has 2 aromatic carbocycles. The lowest BCUT2D eigenvalue weighted by Crippen LogP contribution is -2.24. The molecule has 0 saturated heterocycles. The Labute approximate surface area is 157 Å². The lowest BCUT2D eigenvalue weighted by atomic mass is 10.2. The summed E-state index contributed by atoms with van der Waals surface area (Å²) in [5.41, 5.74) is 10.1. The monoisotopic (exact) mass is 417 g/mol. The van der Waals surface area contributed by atoms with Crippen LogP contribution in [-0.4, -0.2) is 35.0 Å². The van der Waals surface area contributed by atoms with Gasteiger partial charge in [0, 0.05) is 11.8 Å². The highest BCUT2D eigenvalue weighted by atomic mass is 35.5. The lowest BCUT2D eigenvalue weighted by Gasteiger charge is -2.10. The summed E-state index contributed by atoms with van der Waals surface area (Å²) < 4.78 is 49.6. The zero-order valence-corrected chi connectivity index (χ0v) is 15.9. The number of sulfone groups is 2. The standard InChI is InChI=1S/C15H15N3O5S2.ClH/c1-24(20,21)13-9-10(14(19)18-15(16)17)7-8-12(13)25(22,23)11-5-3-2-4-6-11;/h2-9H,1H3,(H4,16,17,18,19);1H. The Bertz CT molecular complexity index is 1060. The highest BCUT2D eigenvalue weighted by Crippen LogP contribution is 2.28. The number of nitrogens with two attached hydrogens (primary N) is 2. The number of carbonyl (C=O) groups is 1. The van der Waals surface area contributed by atoms with Crippen LogP contribution in [0.5, 0.6) is 0 Å². The highest BCUT2D eigenvalue weighted by molar-refractivity contribution is 7.94. The van der Waals surface area contributed by atoms with Crippen molar-refractivity contribution in [2.24, 2.45) is 16.5 Å². The fourth-order valence-electron chi connectivity index (χ4n) is 2.06. The summed E-state index contributed by atoms with van der Waals surface area (Å²) in [5, 5.41) is 0. The second-order valence-corrected chi connectivity index (χ2v) is 8.99. The van der Waals surface area contributed by atoms with Crippen molar-refractivity contribution in [3.8, 4) is 0 Å². The van der Waals surface area contributed by atoms with Crippen LogP contribution in [0.3, 0.4) is 0 Å². The molecule has 2 rings (SSSR count). The molecule has 0 aliphatic carbocycles. The first-order chi connectivity index (χ1) is 11.5. The zero-order chi connectivity index (χ0) is 18.8. The molecule has 0 bridgehead atoms. The van der Waals surface area contributed by atoms with E-state index in [0.717, 1.165) is 24.5 Å². The van der Waals surface area contributed by atoms with Gasteiger partial charge >= 0.3 is 0 Å². The third-order valence-electron chi connectivity index (χ3n) is 3.16. The van der Waals surface area contributed by atoms with E-state index in [9.17, 15) is 21.6 Å². The Kier molecular flexibility index (Phi) is 6.53. The molecule has 0 atom stereocenters. The molecule has 26 heavy (non-hydrogen) atoms. The molecule has 0 saturated carbocycles. The Balaban J connectivity index is 0.00000338. The molecule has 0 aliphatic heterocycles. The Morgan fingerprint density at radius 1 is 0.923 bits per heavy atom. The molecule has 0 heterocycles. The molecule has 0 aromatic heterocycles. The fraction of sp³-hybridized carbons (Fsp3) is 0.0667. The zero-order valence-electron chi connectivity index (χ0n) is 13.5. The minimum atomic E-state index is -4.09. The van der Waals surface area contributed by atoms with Crippen LogP contribution in [0, 0.1) is 0 Å². The van der Waals surface area contributed by atoms with Gasteiger partial charge < -0.3 is 11.5 Å². The quantitative estimate of drug-likeness (QED) is 0.550. The largest absolute Gasteiger partial charge is 0.370 e. The molecular formula is C15H16ClN3O5S2. The van der Waals surface area contributed by atoms with Crippen LogP contribution in [-0.2, 0) is 19.7 Å². The molecule has 1 amide bonds. The second-order valence-electron chi connectivity index (χ2n) is 5.09. The topological polar surface area (TPSA) is 150 Å². The van der Waals surface area contributed by atoms with Gasteiger partial charge in [0.1, 0.15) is 0 Å². The van der Waals surface area contributed by atoms with E-state index in [0.29, 0.717) is 0 Å². The van der Waals surface area contributed by atoms with Crippen LogP contribution in [0.2, 0.25) is 0 Å². The van der Waals surface area contributed by atoms with Gasteiger partial charge in [0.25, 0.3) is 5.91 Å². The van der Waals surface area contributed by atoms with Crippen molar-refractivity contribution < 1.29 is 21.6 Å². The molecular weight excluding hydrogens is 402 g/mol. The van der Waals surface area contributed by atoms with Crippen molar-refractivity contribution in [2.75, 3.05) is 6.26 Å². The van der Waals surface area contributed by atoms with Gasteiger partial charge in [0.15, 0.2) is 15.8 Å². The average Bonchev–Trinajstić information content (AvgIpc) is 2.53. The third kappa shape index (κ3) is 4.59. The van der Waals surface area contributed by atoms with Crippen molar-refractivity contribution >= 4 is 43.9 Å². The van der Waals surface area contributed by atoms with E-state index in [-0.39, 0.29) is 22.9 Å². The number of hydrogen-bond acceptors (Lipinski definition) is 5. The van der Waals surface area contributed by atoms with E-state index in [1.54, 1.807) is 6.07 Å². The predicted octanol–water partition coefficient (Wildman–Crippen LogP) is 0.758. The smallest absolute Gasteiger partial charge is 0.280 e. The van der Waals surface area contributed by atoms with E-state index in [1.165, 1.54) is 24.3 Å². The number of halogens is 1. The van der Waals surface area contributed by atoms with Gasteiger partial charge in [-0.3, -0.25) is 4.79 Å². The van der Waals surface area contributed by atoms with Crippen molar-refractivity contribution in [3.05, 3.63) is 54.1 Å². The summed E-state index contributed by atoms with van der Waals surface area (Å²) in [5.74, 6) is -1.37. The number of nitrogens with zero attached hydrogens (tertiary/aromatic N) is 1. The average molecular weight is 418 g/mol. The molecule has 4 N–H and O–H groups in total. The van der Waals surface area contributed by atoms with Gasteiger partial charge in [-0.05, 0) is 30.3 Å². The Morgan fingerprint density at radius 3 is 2.00 bits per heavy atom. The maximum Gasteiger partial charge on any atom is 0.280 e. The first-order valence-corrected chi connectivity index (χ1v) is 10.2. The maximum absolute atomic E-state index is 12.7. The van der Waals surface area contributed by atoms with E-state index >= 15 is 0 Å². The number of benzene rings is 2. The van der Waals surface area contributed by atoms with Crippen LogP contribution in [0.1, 0.15) is 10.4 Å². The van der Waals surface area contributed by atoms with Crippen molar-refractivity contribution in [3.63, 3.8) is 0 Å². The van der Waals surface area contributed by atoms with E-state index < -0.39 is 41.3 Å². The van der Waals surface area contributed by atoms with Gasteiger partial charge in [0.2, 0.25) is 9.84 Å². The minimum absolute atomic E-state index is 0. The van der Waals surface area contributed by atoms with Gasteiger partial charge in [-0.15, -0.1) is 12.4 Å². The van der Waals surface area contributed by atoms with Crippen LogP contribution >= 0.6 is 12.4 Å². The Hall–Kier alpha value is -2.43. The summed E-state index contributed by atoms with van der Waals surface area (Å²) in [4.78, 5) is 14.2. The first-order valence-electron chi connectivity index (χ1n) is 6.81. The number of aliphatic imine (C=N–C) groups is 1. The molecule has 0 radical (unpaired) electrons. The number of carbonyl (C=O) groups excluding carboxylic acids is 1. The third-order valence-corrected chi connectivity index (χ3v) is 6.26. The molecule has 0 fully saturated rings. The van der Waals surface area contributed by atoms with Crippen LogP contribution < -0.4 is 11.5 Å². The highest BCUT2D eigenvalue weighted by Gasteiger charge is 2.27. The SMILES string of the molecule is CS(=O)(=O)c1cc(C(=O)N=C(N)N)ccc1S(=O)(=O)c1ccccc1.Cl. The van der Waals surface area contributed by atoms with Gasteiger partial charge in [-0.25, -0.2) is 16.8 Å². The molecule has 0 unspecified atom stereocenters. The van der Waals surface area contributed by atoms with E-state index in [1.807, 2.05) is 0 Å². The first kappa shape index (κ1) is 21.6. The molecule has 0 spiro atoms. The molecule has 11 heteroatoms. The lowest BCUT2D eigenvalue weighted by molar-refractivity contribution is 0.100. The maximum atomic E-state index is 12.7. The molecule has 8 nitrogen and oxygen atoms in total. The van der Waals surface area contributed by atoms with Crippen molar-refractivity contribution in [1.29, 1.82) is 0 Å². The number of amides is 1. The van der Waals surface area contributed by atoms with E-state index in [4.69, 9.17) is 11.5 Å². The van der Waals surface area contributed by atoms with Gasteiger partial charge in [-0.1, -0.05) is 18.2 Å². The van der Waals surface area contributed by atoms with Crippen LogP contribution in [0.25, 0.3) is 0 Å². The fourth-order valence-corrected chi connectivity index (χ4v) is 4.96. The normalized spacial score (nSPS) is 11.3.